The number of imidazole rings is 1. The molecule has 9 nitrogen and oxygen atoms in total. The number of anilines is 3. The quantitative estimate of drug-likeness (QED) is 0.197. The number of hydrogen-bond donors (Lipinski definition) is 4. The Kier molecular flexibility index (Phi) is 6.84. The topological polar surface area (TPSA) is 115 Å². The minimum Gasteiger partial charge on any atom is -0.393 e. The standard InChI is InChI=1S/C34H30N6O3/c41-29-14-17-39(18-15-29)27-8-3-23(4-9-27)33(42)38-26-7-12-32-31(20-26)36-21-40(32)28-10-5-25(6-11-28)37-34(43)24-2-1-22-13-16-35-30(22)19-24/h1-13,16,19-21,29,35,41H,14-15,17-18H2,(H,37,43)(H,38,42). The molecule has 0 bridgehead atoms. The van der Waals surface area contributed by atoms with Crippen molar-refractivity contribution in [1.29, 1.82) is 0 Å². The lowest BCUT2D eigenvalue weighted by molar-refractivity contribution is 0.101. The largest absolute Gasteiger partial charge is 0.393 e. The fraction of sp³-hybridized carbons (Fsp3) is 0.147. The number of H-pyrrole nitrogens is 1. The van der Waals surface area contributed by atoms with Gasteiger partial charge >= 0.3 is 0 Å². The number of nitrogens with one attached hydrogen (secondary N) is 3. The molecule has 0 saturated carbocycles. The monoisotopic (exact) mass is 570 g/mol. The van der Waals surface area contributed by atoms with Crippen LogP contribution in [0.15, 0.2) is 104 Å². The molecule has 1 aliphatic rings. The lowest BCUT2D eigenvalue weighted by Crippen LogP contribution is -2.35. The molecule has 4 aromatic carbocycles. The van der Waals surface area contributed by atoms with Crippen LogP contribution in [-0.4, -0.2) is 50.6 Å². The zero-order valence-corrected chi connectivity index (χ0v) is 23.3. The number of benzene rings is 4. The molecule has 3 heterocycles. The van der Waals surface area contributed by atoms with Crippen LogP contribution < -0.4 is 15.5 Å². The van der Waals surface area contributed by atoms with Crippen LogP contribution in [0.25, 0.3) is 27.6 Å². The summed E-state index contributed by atoms with van der Waals surface area (Å²) < 4.78 is 1.96. The predicted octanol–water partition coefficient (Wildman–Crippen LogP) is 5.97. The first kappa shape index (κ1) is 26.5. The summed E-state index contributed by atoms with van der Waals surface area (Å²) in [7, 11) is 0. The number of fused-ring (bicyclic) bond motifs is 2. The van der Waals surface area contributed by atoms with E-state index in [0.717, 1.165) is 59.2 Å². The summed E-state index contributed by atoms with van der Waals surface area (Å²) in [5.74, 6) is -0.365. The van der Waals surface area contributed by atoms with Gasteiger partial charge in [-0.3, -0.25) is 14.2 Å². The maximum atomic E-state index is 12.9. The first-order chi connectivity index (χ1) is 21.0. The van der Waals surface area contributed by atoms with E-state index in [1.165, 1.54) is 0 Å². The zero-order valence-electron chi connectivity index (χ0n) is 23.3. The molecule has 6 aromatic rings. The molecule has 0 unspecified atom stereocenters. The van der Waals surface area contributed by atoms with Crippen LogP contribution in [-0.2, 0) is 0 Å². The fourth-order valence-electron chi connectivity index (χ4n) is 5.54. The Morgan fingerprint density at radius 1 is 0.767 bits per heavy atom. The molecule has 214 valence electrons. The maximum Gasteiger partial charge on any atom is 0.255 e. The number of hydrogen-bond acceptors (Lipinski definition) is 5. The van der Waals surface area contributed by atoms with Crippen LogP contribution in [0.4, 0.5) is 17.1 Å². The summed E-state index contributed by atoms with van der Waals surface area (Å²) in [6, 6.07) is 28.3. The Morgan fingerprint density at radius 2 is 1.44 bits per heavy atom. The highest BCUT2D eigenvalue weighted by atomic mass is 16.3. The lowest BCUT2D eigenvalue weighted by Gasteiger charge is -2.31. The van der Waals surface area contributed by atoms with E-state index < -0.39 is 0 Å². The number of aromatic amines is 1. The van der Waals surface area contributed by atoms with Gasteiger partial charge in [-0.1, -0.05) is 6.07 Å². The number of aliphatic hydroxyl groups is 1. The molecule has 2 aromatic heterocycles. The summed E-state index contributed by atoms with van der Waals surface area (Å²) in [4.78, 5) is 35.6. The smallest absolute Gasteiger partial charge is 0.255 e. The van der Waals surface area contributed by atoms with E-state index in [9.17, 15) is 14.7 Å². The Labute approximate surface area is 247 Å². The summed E-state index contributed by atoms with van der Waals surface area (Å²) in [5, 5.41) is 16.7. The van der Waals surface area contributed by atoms with Gasteiger partial charge in [-0.15, -0.1) is 0 Å². The Bertz CT molecular complexity index is 1930. The van der Waals surface area contributed by atoms with Crippen LogP contribution in [0, 0.1) is 0 Å². The molecular formula is C34H30N6O3. The van der Waals surface area contributed by atoms with Gasteiger partial charge in [0.15, 0.2) is 0 Å². The molecule has 4 N–H and O–H groups in total. The molecule has 9 heteroatoms. The number of aliphatic hydroxyl groups excluding tert-OH is 1. The van der Waals surface area contributed by atoms with E-state index in [-0.39, 0.29) is 17.9 Å². The van der Waals surface area contributed by atoms with Gasteiger partial charge < -0.3 is 25.6 Å². The number of nitrogens with zero attached hydrogens (tertiary/aromatic N) is 3. The molecule has 0 aliphatic carbocycles. The van der Waals surface area contributed by atoms with Gasteiger partial charge in [-0.25, -0.2) is 4.98 Å². The van der Waals surface area contributed by atoms with Gasteiger partial charge in [0.1, 0.15) is 6.33 Å². The van der Waals surface area contributed by atoms with Gasteiger partial charge in [0.25, 0.3) is 11.8 Å². The fourth-order valence-corrected chi connectivity index (χ4v) is 5.54. The third kappa shape index (κ3) is 5.45. The van der Waals surface area contributed by atoms with Gasteiger partial charge in [-0.05, 0) is 103 Å². The van der Waals surface area contributed by atoms with E-state index in [4.69, 9.17) is 0 Å². The Balaban J connectivity index is 1.01. The van der Waals surface area contributed by atoms with Crippen LogP contribution in [0.2, 0.25) is 0 Å². The van der Waals surface area contributed by atoms with E-state index in [0.29, 0.717) is 22.5 Å². The third-order valence-corrected chi connectivity index (χ3v) is 7.98. The SMILES string of the molecule is O=C(Nc1ccc2c(c1)ncn2-c1ccc(NC(=O)c2ccc3cc[nH]c3c2)cc1)c1ccc(N2CCC(O)CC2)cc1. The van der Waals surface area contributed by atoms with Crippen molar-refractivity contribution >= 4 is 50.8 Å². The zero-order chi connectivity index (χ0) is 29.3. The number of piperidine rings is 1. The first-order valence-electron chi connectivity index (χ1n) is 14.3. The summed E-state index contributed by atoms with van der Waals surface area (Å²) in [6.07, 6.45) is 4.90. The van der Waals surface area contributed by atoms with Crippen LogP contribution >= 0.6 is 0 Å². The molecule has 0 atom stereocenters. The molecule has 0 radical (unpaired) electrons. The molecular weight excluding hydrogens is 540 g/mol. The normalized spacial score (nSPS) is 13.8. The molecule has 0 spiro atoms. The lowest BCUT2D eigenvalue weighted by atomic mass is 10.1. The molecule has 43 heavy (non-hydrogen) atoms. The van der Waals surface area contributed by atoms with Gasteiger partial charge in [0, 0.05) is 58.7 Å². The van der Waals surface area contributed by atoms with E-state index in [1.54, 1.807) is 6.33 Å². The minimum atomic E-state index is -0.220. The molecule has 1 saturated heterocycles. The van der Waals surface area contributed by atoms with Crippen molar-refractivity contribution in [2.75, 3.05) is 28.6 Å². The molecule has 7 rings (SSSR count). The van der Waals surface area contributed by atoms with Gasteiger partial charge in [0.05, 0.1) is 17.1 Å². The van der Waals surface area contributed by atoms with Crippen LogP contribution in [0.3, 0.4) is 0 Å². The molecule has 1 aliphatic heterocycles. The van der Waals surface area contributed by atoms with E-state index >= 15 is 0 Å². The van der Waals surface area contributed by atoms with Gasteiger partial charge in [-0.2, -0.15) is 0 Å². The van der Waals surface area contributed by atoms with Crippen molar-refractivity contribution in [3.63, 3.8) is 0 Å². The van der Waals surface area contributed by atoms with Crippen LogP contribution in [0.5, 0.6) is 0 Å². The summed E-state index contributed by atoms with van der Waals surface area (Å²) in [5.41, 5.74) is 7.02. The second-order valence-electron chi connectivity index (χ2n) is 10.8. The molecule has 1 fully saturated rings. The minimum absolute atomic E-state index is 0.175. The second-order valence-corrected chi connectivity index (χ2v) is 10.8. The number of carbonyl (C=O) groups is 2. The average molecular weight is 571 g/mol. The number of rotatable bonds is 6. The number of carbonyl (C=O) groups excluding carboxylic acids is 2. The van der Waals surface area contributed by atoms with Crippen LogP contribution in [0.1, 0.15) is 33.6 Å². The average Bonchev–Trinajstić information content (AvgIpc) is 3.68. The number of amides is 2. The highest BCUT2D eigenvalue weighted by molar-refractivity contribution is 6.06. The van der Waals surface area contributed by atoms with E-state index in [2.05, 4.69) is 25.5 Å². The van der Waals surface area contributed by atoms with Crippen molar-refractivity contribution in [3.8, 4) is 5.69 Å². The first-order valence-corrected chi connectivity index (χ1v) is 14.3. The Hall–Kier alpha value is -5.41. The van der Waals surface area contributed by atoms with Crippen molar-refractivity contribution in [1.82, 2.24) is 14.5 Å². The van der Waals surface area contributed by atoms with Gasteiger partial charge in [0.2, 0.25) is 0 Å². The van der Waals surface area contributed by atoms with Crippen molar-refractivity contribution in [2.24, 2.45) is 0 Å². The van der Waals surface area contributed by atoms with Crippen molar-refractivity contribution < 1.29 is 14.7 Å². The highest BCUT2D eigenvalue weighted by Gasteiger charge is 2.18. The maximum absolute atomic E-state index is 12.9. The molecule has 2 amide bonds. The summed E-state index contributed by atoms with van der Waals surface area (Å²) >= 11 is 0. The predicted molar refractivity (Wildman–Crippen MR) is 169 cm³/mol. The number of aromatic nitrogens is 3. The van der Waals surface area contributed by atoms with E-state index in [1.807, 2.05) is 102 Å². The third-order valence-electron chi connectivity index (χ3n) is 7.98. The Morgan fingerprint density at radius 3 is 2.23 bits per heavy atom. The highest BCUT2D eigenvalue weighted by Crippen LogP contribution is 2.25. The van der Waals surface area contributed by atoms with Crippen molar-refractivity contribution in [3.05, 3.63) is 115 Å². The second kappa shape index (κ2) is 11.1. The summed E-state index contributed by atoms with van der Waals surface area (Å²) in [6.45, 7) is 1.62. The van der Waals surface area contributed by atoms with Crippen molar-refractivity contribution in [2.45, 2.75) is 18.9 Å².